The average molecular weight is 291 g/mol. The molecular formula is C15H21N3OS. The second-order valence-corrected chi connectivity index (χ2v) is 7.03. The summed E-state index contributed by atoms with van der Waals surface area (Å²) < 4.78 is 5.88. The molecule has 0 spiro atoms. The van der Waals surface area contributed by atoms with Gasteiger partial charge in [0.2, 0.25) is 0 Å². The molecule has 108 valence electrons. The molecular weight excluding hydrogens is 270 g/mol. The topological polar surface area (TPSA) is 47.0 Å². The van der Waals surface area contributed by atoms with Gasteiger partial charge in [0.25, 0.3) is 0 Å². The lowest BCUT2D eigenvalue weighted by Gasteiger charge is -2.31. The zero-order valence-corrected chi connectivity index (χ0v) is 12.5. The third kappa shape index (κ3) is 2.36. The number of fused-ring (bicyclic) bond motifs is 1. The first-order valence-corrected chi connectivity index (χ1v) is 8.87. The van der Waals surface area contributed by atoms with E-state index in [2.05, 4.69) is 5.32 Å². The molecule has 0 bridgehead atoms. The Morgan fingerprint density at radius 2 is 2.20 bits per heavy atom. The van der Waals surface area contributed by atoms with Crippen molar-refractivity contribution in [2.75, 3.05) is 24.7 Å². The smallest absolute Gasteiger partial charge is 0.158 e. The predicted molar refractivity (Wildman–Crippen MR) is 80.1 cm³/mol. The van der Waals surface area contributed by atoms with Crippen LogP contribution in [-0.4, -0.2) is 34.6 Å². The Kier molecular flexibility index (Phi) is 3.67. The molecule has 2 fully saturated rings. The van der Waals surface area contributed by atoms with E-state index in [1.54, 1.807) is 0 Å². The monoisotopic (exact) mass is 291 g/mol. The Bertz CT molecular complexity index is 498. The number of thioether (sulfide) groups is 1. The minimum atomic E-state index is 0.104. The lowest BCUT2D eigenvalue weighted by molar-refractivity contribution is 0.0688. The highest BCUT2D eigenvalue weighted by Crippen LogP contribution is 2.39. The van der Waals surface area contributed by atoms with E-state index >= 15 is 0 Å². The lowest BCUT2D eigenvalue weighted by Crippen LogP contribution is -2.30. The van der Waals surface area contributed by atoms with Gasteiger partial charge in [0.05, 0.1) is 18.0 Å². The van der Waals surface area contributed by atoms with Gasteiger partial charge in [0.1, 0.15) is 6.10 Å². The van der Waals surface area contributed by atoms with Gasteiger partial charge in [-0.05, 0) is 12.8 Å². The van der Waals surface area contributed by atoms with E-state index < -0.39 is 0 Å². The summed E-state index contributed by atoms with van der Waals surface area (Å²) in [6.45, 7) is 2.81. The van der Waals surface area contributed by atoms with Gasteiger partial charge in [0, 0.05) is 42.5 Å². The summed E-state index contributed by atoms with van der Waals surface area (Å²) in [5.41, 5.74) is 3.98. The normalized spacial score (nSPS) is 26.9. The van der Waals surface area contributed by atoms with Gasteiger partial charge in [0.15, 0.2) is 5.82 Å². The van der Waals surface area contributed by atoms with Crippen LogP contribution in [0.15, 0.2) is 0 Å². The molecule has 3 heterocycles. The minimum absolute atomic E-state index is 0.104. The molecule has 1 saturated carbocycles. The molecule has 5 heteroatoms. The maximum atomic E-state index is 5.88. The Labute approximate surface area is 124 Å². The zero-order valence-electron chi connectivity index (χ0n) is 11.7. The molecule has 1 aromatic rings. The van der Waals surface area contributed by atoms with Crippen LogP contribution in [0, 0.1) is 0 Å². The van der Waals surface area contributed by atoms with Crippen LogP contribution in [0.3, 0.4) is 0 Å². The Morgan fingerprint density at radius 1 is 1.25 bits per heavy atom. The first-order valence-electron chi connectivity index (χ1n) is 7.71. The maximum Gasteiger partial charge on any atom is 0.158 e. The highest BCUT2D eigenvalue weighted by atomic mass is 32.2. The minimum Gasteiger partial charge on any atom is -0.368 e. The van der Waals surface area contributed by atoms with Gasteiger partial charge < -0.3 is 10.1 Å². The number of hydrogen-bond donors (Lipinski definition) is 1. The molecule has 1 atom stereocenters. The molecule has 0 amide bonds. The molecule has 1 aliphatic carbocycles. The van der Waals surface area contributed by atoms with Crippen molar-refractivity contribution < 1.29 is 4.74 Å². The van der Waals surface area contributed by atoms with Crippen molar-refractivity contribution in [3.8, 4) is 0 Å². The molecule has 1 aromatic heterocycles. The SMILES string of the molecule is C1CC(c2nc(C3CSCCO3)nc3c2CNCC3)C1. The largest absolute Gasteiger partial charge is 0.368 e. The third-order valence-corrected chi connectivity index (χ3v) is 5.57. The molecule has 4 rings (SSSR count). The van der Waals surface area contributed by atoms with E-state index in [-0.39, 0.29) is 6.10 Å². The average Bonchev–Trinajstić information content (AvgIpc) is 2.46. The van der Waals surface area contributed by atoms with Crippen molar-refractivity contribution >= 4 is 11.8 Å². The van der Waals surface area contributed by atoms with Crippen molar-refractivity contribution in [3.05, 3.63) is 22.8 Å². The van der Waals surface area contributed by atoms with Crippen LogP contribution >= 0.6 is 11.8 Å². The van der Waals surface area contributed by atoms with Crippen LogP contribution in [0.25, 0.3) is 0 Å². The molecule has 1 unspecified atom stereocenters. The first kappa shape index (κ1) is 13.0. The number of nitrogens with one attached hydrogen (secondary N) is 1. The van der Waals surface area contributed by atoms with Crippen LogP contribution in [0.4, 0.5) is 0 Å². The van der Waals surface area contributed by atoms with Gasteiger partial charge in [-0.1, -0.05) is 6.42 Å². The Hall–Kier alpha value is -0.650. The van der Waals surface area contributed by atoms with Gasteiger partial charge in [-0.15, -0.1) is 0 Å². The number of ether oxygens (including phenoxy) is 1. The fraction of sp³-hybridized carbons (Fsp3) is 0.733. The number of rotatable bonds is 2. The summed E-state index contributed by atoms with van der Waals surface area (Å²) in [6.07, 6.45) is 5.08. The van der Waals surface area contributed by atoms with Crippen molar-refractivity contribution in [1.29, 1.82) is 0 Å². The third-order valence-electron chi connectivity index (χ3n) is 4.58. The van der Waals surface area contributed by atoms with Crippen molar-refractivity contribution in [1.82, 2.24) is 15.3 Å². The highest BCUT2D eigenvalue weighted by molar-refractivity contribution is 7.99. The maximum absolute atomic E-state index is 5.88. The van der Waals surface area contributed by atoms with Crippen LogP contribution in [0.5, 0.6) is 0 Å². The van der Waals surface area contributed by atoms with Crippen LogP contribution in [0.1, 0.15) is 54.1 Å². The van der Waals surface area contributed by atoms with Crippen molar-refractivity contribution in [2.45, 2.75) is 44.2 Å². The summed E-state index contributed by atoms with van der Waals surface area (Å²) in [5.74, 6) is 3.71. The standard InChI is InChI=1S/C15H21N3OS/c1-2-10(3-1)14-11-8-16-5-4-12(11)17-15(18-14)13-9-20-7-6-19-13/h10,13,16H,1-9H2. The van der Waals surface area contributed by atoms with Crippen LogP contribution < -0.4 is 5.32 Å². The second kappa shape index (κ2) is 5.62. The molecule has 2 aliphatic heterocycles. The summed E-state index contributed by atoms with van der Waals surface area (Å²) in [5, 5.41) is 3.47. The second-order valence-electron chi connectivity index (χ2n) is 5.88. The van der Waals surface area contributed by atoms with E-state index in [9.17, 15) is 0 Å². The van der Waals surface area contributed by atoms with E-state index in [1.165, 1.54) is 36.2 Å². The lowest BCUT2D eigenvalue weighted by atomic mass is 9.80. The quantitative estimate of drug-likeness (QED) is 0.905. The molecule has 4 nitrogen and oxygen atoms in total. The summed E-state index contributed by atoms with van der Waals surface area (Å²) in [4.78, 5) is 9.79. The van der Waals surface area contributed by atoms with Crippen molar-refractivity contribution in [3.63, 3.8) is 0 Å². The van der Waals surface area contributed by atoms with Gasteiger partial charge in [-0.3, -0.25) is 0 Å². The first-order chi connectivity index (χ1) is 9.92. The summed E-state index contributed by atoms with van der Waals surface area (Å²) in [7, 11) is 0. The number of nitrogens with zero attached hydrogens (tertiary/aromatic N) is 2. The predicted octanol–water partition coefficient (Wildman–Crippen LogP) is 2.19. The fourth-order valence-corrected chi connectivity index (χ4v) is 4.03. The van der Waals surface area contributed by atoms with Crippen LogP contribution in [0.2, 0.25) is 0 Å². The van der Waals surface area contributed by atoms with E-state index in [4.69, 9.17) is 14.7 Å². The van der Waals surface area contributed by atoms with Gasteiger partial charge in [-0.2, -0.15) is 11.8 Å². The molecule has 0 aromatic carbocycles. The van der Waals surface area contributed by atoms with Gasteiger partial charge >= 0.3 is 0 Å². The molecule has 3 aliphatic rings. The number of aromatic nitrogens is 2. The Morgan fingerprint density at radius 3 is 2.95 bits per heavy atom. The van der Waals surface area contributed by atoms with E-state index in [0.717, 1.165) is 43.4 Å². The highest BCUT2D eigenvalue weighted by Gasteiger charge is 2.29. The molecule has 1 saturated heterocycles. The Balaban J connectivity index is 1.71. The number of hydrogen-bond acceptors (Lipinski definition) is 5. The molecule has 1 N–H and O–H groups in total. The molecule has 0 radical (unpaired) electrons. The van der Waals surface area contributed by atoms with E-state index in [1.807, 2.05) is 11.8 Å². The van der Waals surface area contributed by atoms with Crippen molar-refractivity contribution in [2.24, 2.45) is 0 Å². The fourth-order valence-electron chi connectivity index (χ4n) is 3.19. The zero-order chi connectivity index (χ0) is 13.4. The van der Waals surface area contributed by atoms with Crippen LogP contribution in [-0.2, 0) is 17.7 Å². The van der Waals surface area contributed by atoms with Gasteiger partial charge in [-0.25, -0.2) is 9.97 Å². The molecule has 20 heavy (non-hydrogen) atoms. The summed E-state index contributed by atoms with van der Waals surface area (Å²) >= 11 is 1.95. The van der Waals surface area contributed by atoms with E-state index in [0.29, 0.717) is 5.92 Å². The summed E-state index contributed by atoms with van der Waals surface area (Å²) in [6, 6.07) is 0.